The molecule has 0 fully saturated rings. The SMILES string of the molecule is N#Cc1cc(CNC(=O)c2cc(C(=O)N[C@@H]3CCc4cc(-c5nn[nH]n5)ccc43)ncn2)ccc1F. The highest BCUT2D eigenvalue weighted by atomic mass is 19.1. The Morgan fingerprint density at radius 1 is 1.11 bits per heavy atom. The average Bonchev–Trinajstić information content (AvgIpc) is 3.58. The number of amides is 2. The molecule has 0 saturated heterocycles. The lowest BCUT2D eigenvalue weighted by Crippen LogP contribution is -2.29. The van der Waals surface area contributed by atoms with Gasteiger partial charge in [-0.2, -0.15) is 10.5 Å². The highest BCUT2D eigenvalue weighted by Gasteiger charge is 2.26. The highest BCUT2D eigenvalue weighted by Crippen LogP contribution is 2.33. The second-order valence-corrected chi connectivity index (χ2v) is 8.11. The first-order valence-corrected chi connectivity index (χ1v) is 11.0. The molecule has 2 amide bonds. The predicted octanol–water partition coefficient (Wildman–Crippen LogP) is 2.01. The van der Waals surface area contributed by atoms with E-state index in [9.17, 15) is 14.0 Å². The van der Waals surface area contributed by atoms with Gasteiger partial charge in [-0.15, -0.1) is 10.2 Å². The summed E-state index contributed by atoms with van der Waals surface area (Å²) < 4.78 is 13.5. The smallest absolute Gasteiger partial charge is 0.270 e. The van der Waals surface area contributed by atoms with Crippen LogP contribution in [0, 0.1) is 17.1 Å². The number of carbonyl (C=O) groups is 2. The molecular formula is C24H18FN9O2. The number of nitrogens with zero attached hydrogens (tertiary/aromatic N) is 6. The fourth-order valence-electron chi connectivity index (χ4n) is 4.07. The second kappa shape index (κ2) is 9.67. The summed E-state index contributed by atoms with van der Waals surface area (Å²) >= 11 is 0. The van der Waals surface area contributed by atoms with Crippen molar-refractivity contribution >= 4 is 11.8 Å². The van der Waals surface area contributed by atoms with Crippen LogP contribution in [-0.2, 0) is 13.0 Å². The molecule has 2 aromatic carbocycles. The van der Waals surface area contributed by atoms with Crippen molar-refractivity contribution in [2.75, 3.05) is 0 Å². The van der Waals surface area contributed by atoms with E-state index in [2.05, 4.69) is 41.2 Å². The van der Waals surface area contributed by atoms with Crippen LogP contribution in [0.1, 0.15) is 55.7 Å². The summed E-state index contributed by atoms with van der Waals surface area (Å²) in [5.41, 5.74) is 3.43. The molecule has 3 N–H and O–H groups in total. The number of halogens is 1. The quantitative estimate of drug-likeness (QED) is 0.375. The van der Waals surface area contributed by atoms with Gasteiger partial charge in [0.05, 0.1) is 11.6 Å². The van der Waals surface area contributed by atoms with Crippen LogP contribution in [0.15, 0.2) is 48.8 Å². The molecule has 0 aliphatic heterocycles. The topological polar surface area (TPSA) is 162 Å². The summed E-state index contributed by atoms with van der Waals surface area (Å²) in [6.45, 7) is 0.0596. The second-order valence-electron chi connectivity index (χ2n) is 8.11. The molecule has 2 aromatic heterocycles. The fourth-order valence-corrected chi connectivity index (χ4v) is 4.07. The largest absolute Gasteiger partial charge is 0.347 e. The van der Waals surface area contributed by atoms with E-state index in [-0.39, 0.29) is 29.5 Å². The maximum atomic E-state index is 13.5. The van der Waals surface area contributed by atoms with E-state index >= 15 is 0 Å². The molecule has 36 heavy (non-hydrogen) atoms. The van der Waals surface area contributed by atoms with E-state index < -0.39 is 17.6 Å². The normalized spacial score (nSPS) is 14.1. The summed E-state index contributed by atoms with van der Waals surface area (Å²) in [5, 5.41) is 28.6. The number of hydrogen-bond acceptors (Lipinski definition) is 8. The number of tetrazole rings is 1. The summed E-state index contributed by atoms with van der Waals surface area (Å²) in [5.74, 6) is -1.09. The lowest BCUT2D eigenvalue weighted by molar-refractivity contribution is 0.0931. The molecule has 12 heteroatoms. The molecule has 0 saturated carbocycles. The number of aromatic amines is 1. The number of benzene rings is 2. The molecule has 0 radical (unpaired) electrons. The van der Waals surface area contributed by atoms with E-state index in [0.29, 0.717) is 11.4 Å². The van der Waals surface area contributed by atoms with E-state index in [1.807, 2.05) is 18.2 Å². The minimum atomic E-state index is -0.628. The lowest BCUT2D eigenvalue weighted by atomic mass is 10.0. The van der Waals surface area contributed by atoms with E-state index in [4.69, 9.17) is 5.26 Å². The van der Waals surface area contributed by atoms with E-state index in [1.54, 1.807) is 6.07 Å². The first kappa shape index (κ1) is 22.7. The number of nitrogens with one attached hydrogen (secondary N) is 3. The zero-order chi connectivity index (χ0) is 25.1. The standard InChI is InChI=1S/C24H18FN9O2/c25-18-5-1-13(7-16(18)10-26)11-27-23(35)20-9-21(29-12-28-20)24(36)30-19-6-3-14-8-15(2-4-17(14)19)22-31-33-34-32-22/h1-2,4-5,7-9,12,19H,3,6,11H2,(H,27,35)(H,30,36)(H,31,32,33,34)/t19-/m1/s1. The molecule has 0 unspecified atom stereocenters. The molecule has 11 nitrogen and oxygen atoms in total. The number of carbonyl (C=O) groups excluding carboxylic acids is 2. The van der Waals surface area contributed by atoms with Crippen molar-refractivity contribution in [3.8, 4) is 17.5 Å². The van der Waals surface area contributed by atoms with E-state index in [1.165, 1.54) is 24.3 Å². The monoisotopic (exact) mass is 483 g/mol. The Labute approximate surface area is 203 Å². The molecule has 1 aliphatic rings. The molecule has 0 spiro atoms. The molecule has 1 aliphatic carbocycles. The van der Waals surface area contributed by atoms with Crippen LogP contribution in [0.4, 0.5) is 4.39 Å². The number of fused-ring (bicyclic) bond motifs is 1. The van der Waals surface area contributed by atoms with Crippen molar-refractivity contribution in [1.29, 1.82) is 5.26 Å². The van der Waals surface area contributed by atoms with Crippen LogP contribution in [0.2, 0.25) is 0 Å². The molecule has 4 aromatic rings. The van der Waals surface area contributed by atoms with Crippen molar-refractivity contribution in [1.82, 2.24) is 41.2 Å². The third-order valence-corrected chi connectivity index (χ3v) is 5.87. The third-order valence-electron chi connectivity index (χ3n) is 5.87. The van der Waals surface area contributed by atoms with Gasteiger partial charge in [-0.3, -0.25) is 9.59 Å². The predicted molar refractivity (Wildman–Crippen MR) is 122 cm³/mol. The van der Waals surface area contributed by atoms with Gasteiger partial charge < -0.3 is 10.6 Å². The van der Waals surface area contributed by atoms with Crippen molar-refractivity contribution in [3.63, 3.8) is 0 Å². The number of nitriles is 1. The number of aryl methyl sites for hydroxylation is 1. The zero-order valence-corrected chi connectivity index (χ0v) is 18.7. The Bertz CT molecular complexity index is 1500. The number of hydrogen-bond donors (Lipinski definition) is 3. The summed E-state index contributed by atoms with van der Waals surface area (Å²) in [4.78, 5) is 33.4. The maximum Gasteiger partial charge on any atom is 0.270 e. The van der Waals surface area contributed by atoms with Crippen molar-refractivity contribution in [2.45, 2.75) is 25.4 Å². The van der Waals surface area contributed by atoms with Gasteiger partial charge >= 0.3 is 0 Å². The Kier molecular flexibility index (Phi) is 6.10. The molecule has 5 rings (SSSR count). The van der Waals surface area contributed by atoms with E-state index in [0.717, 1.165) is 35.9 Å². The first-order chi connectivity index (χ1) is 17.5. The summed E-state index contributed by atoms with van der Waals surface area (Å²) in [6.07, 6.45) is 2.65. The van der Waals surface area contributed by atoms with Gasteiger partial charge in [-0.05, 0) is 52.9 Å². The van der Waals surface area contributed by atoms with Gasteiger partial charge in [-0.1, -0.05) is 18.2 Å². The van der Waals surface area contributed by atoms with Gasteiger partial charge in [0.15, 0.2) is 0 Å². The molecule has 178 valence electrons. The number of aromatic nitrogens is 6. The number of rotatable bonds is 6. The molecule has 1 atom stereocenters. The Hall–Kier alpha value is -5.05. The Morgan fingerprint density at radius 2 is 1.94 bits per heavy atom. The van der Waals surface area contributed by atoms with Crippen LogP contribution in [0.5, 0.6) is 0 Å². The first-order valence-electron chi connectivity index (χ1n) is 11.0. The van der Waals surface area contributed by atoms with Crippen LogP contribution < -0.4 is 10.6 Å². The molecular weight excluding hydrogens is 465 g/mol. The maximum absolute atomic E-state index is 13.5. The van der Waals surface area contributed by atoms with Gasteiger partial charge in [0, 0.05) is 18.2 Å². The minimum Gasteiger partial charge on any atom is -0.347 e. The number of H-pyrrole nitrogens is 1. The van der Waals surface area contributed by atoms with Gasteiger partial charge in [-0.25, -0.2) is 14.4 Å². The van der Waals surface area contributed by atoms with Crippen molar-refractivity contribution < 1.29 is 14.0 Å². The molecule has 0 bridgehead atoms. The average molecular weight is 483 g/mol. The van der Waals surface area contributed by atoms with Crippen LogP contribution in [0.3, 0.4) is 0 Å². The lowest BCUT2D eigenvalue weighted by Gasteiger charge is -2.14. The summed E-state index contributed by atoms with van der Waals surface area (Å²) in [7, 11) is 0. The third kappa shape index (κ3) is 4.62. The highest BCUT2D eigenvalue weighted by molar-refractivity contribution is 5.97. The van der Waals surface area contributed by atoms with Crippen molar-refractivity contribution in [3.05, 3.63) is 88.3 Å². The van der Waals surface area contributed by atoms with Crippen molar-refractivity contribution in [2.24, 2.45) is 0 Å². The minimum absolute atomic E-state index is 0.00865. The van der Waals surface area contributed by atoms with Gasteiger partial charge in [0.25, 0.3) is 11.8 Å². The fraction of sp³-hybridized carbons (Fsp3) is 0.167. The molecule has 2 heterocycles. The van der Waals surface area contributed by atoms with Crippen LogP contribution in [-0.4, -0.2) is 42.4 Å². The van der Waals surface area contributed by atoms with Crippen LogP contribution >= 0.6 is 0 Å². The Balaban J connectivity index is 1.24. The zero-order valence-electron chi connectivity index (χ0n) is 18.7. The van der Waals surface area contributed by atoms with Gasteiger partial charge in [0.1, 0.15) is 29.6 Å². The Morgan fingerprint density at radius 3 is 2.72 bits per heavy atom. The summed E-state index contributed by atoms with van der Waals surface area (Å²) in [6, 6.07) is 12.7. The van der Waals surface area contributed by atoms with Crippen LogP contribution in [0.25, 0.3) is 11.4 Å². The van der Waals surface area contributed by atoms with Gasteiger partial charge in [0.2, 0.25) is 5.82 Å².